The number of nitrogens with one attached hydrogen (secondary N) is 2. The molecule has 3 aliphatic heterocycles. The molecule has 0 amide bonds. The van der Waals surface area contributed by atoms with Crippen LogP contribution >= 0.6 is 0 Å². The Morgan fingerprint density at radius 3 is 2.67 bits per heavy atom. The molecule has 1 unspecified atom stereocenters. The molecule has 0 spiro atoms. The average Bonchev–Trinajstić information content (AvgIpc) is 2.97. The highest BCUT2D eigenvalue weighted by atomic mass is 19.3. The van der Waals surface area contributed by atoms with Crippen LogP contribution in [0, 0.1) is 23.4 Å². The number of rotatable bonds is 2. The fourth-order valence-corrected chi connectivity index (χ4v) is 5.90. The first-order valence-corrected chi connectivity index (χ1v) is 14.2. The van der Waals surface area contributed by atoms with Gasteiger partial charge in [-0.3, -0.25) is 0 Å². The summed E-state index contributed by atoms with van der Waals surface area (Å²) in [5.41, 5.74) is -0.938. The van der Waals surface area contributed by atoms with Gasteiger partial charge in [-0.15, -0.1) is 0 Å². The molecule has 13 heteroatoms. The molecule has 0 saturated carbocycles. The monoisotopic (exact) mass is 602 g/mol. The third kappa shape index (κ3) is 5.13. The van der Waals surface area contributed by atoms with Gasteiger partial charge in [0, 0.05) is 44.3 Å². The molecule has 8 nitrogen and oxygen atoms in total. The van der Waals surface area contributed by atoms with Gasteiger partial charge in [0.2, 0.25) is 0 Å². The molecule has 3 aromatic rings. The van der Waals surface area contributed by atoms with Crippen LogP contribution in [-0.4, -0.2) is 59.3 Å². The maximum atomic E-state index is 16.0. The molecule has 2 N–H and O–H groups in total. The normalized spacial score (nSPS) is 20.4. The van der Waals surface area contributed by atoms with E-state index < -0.39 is 59.1 Å². The Labute approximate surface area is 244 Å². The van der Waals surface area contributed by atoms with Crippen molar-refractivity contribution < 1.29 is 26.7 Å². The summed E-state index contributed by atoms with van der Waals surface area (Å²) in [5, 5.41) is 6.66. The molecular weight excluding hydrogens is 571 g/mol. The van der Waals surface area contributed by atoms with Gasteiger partial charge in [0.1, 0.15) is 17.3 Å². The number of dihydropyridines is 1. The summed E-state index contributed by atoms with van der Waals surface area (Å²) in [6.45, 7) is 6.52. The number of pyridine rings is 1. The summed E-state index contributed by atoms with van der Waals surface area (Å²) in [4.78, 5) is 24.8. The molecule has 2 bridgehead atoms. The molecule has 228 valence electrons. The number of anilines is 1. The molecule has 1 aromatic carbocycles. The van der Waals surface area contributed by atoms with E-state index in [9.17, 15) is 9.18 Å². The minimum absolute atomic E-state index is 0.0690. The van der Waals surface area contributed by atoms with E-state index in [2.05, 4.69) is 20.6 Å². The van der Waals surface area contributed by atoms with Crippen molar-refractivity contribution in [2.24, 2.45) is 5.92 Å². The van der Waals surface area contributed by atoms with E-state index in [1.54, 1.807) is 6.08 Å². The Kier molecular flexibility index (Phi) is 7.39. The molecule has 43 heavy (non-hydrogen) atoms. The first-order valence-electron chi connectivity index (χ1n) is 14.2. The van der Waals surface area contributed by atoms with Gasteiger partial charge in [0.15, 0.2) is 29.7 Å². The van der Waals surface area contributed by atoms with E-state index in [0.717, 1.165) is 18.2 Å². The van der Waals surface area contributed by atoms with Gasteiger partial charge >= 0.3 is 5.69 Å². The lowest BCUT2D eigenvalue weighted by molar-refractivity contribution is -0.0470. The van der Waals surface area contributed by atoms with Crippen LogP contribution in [0.5, 0.6) is 5.75 Å². The number of allylic oxidation sites excluding steroid dienone is 3. The van der Waals surface area contributed by atoms with E-state index in [-0.39, 0.29) is 40.9 Å². The van der Waals surface area contributed by atoms with E-state index in [4.69, 9.17) is 4.74 Å². The lowest BCUT2D eigenvalue weighted by Crippen LogP contribution is -2.51. The van der Waals surface area contributed by atoms with Gasteiger partial charge in [-0.05, 0) is 43.0 Å². The summed E-state index contributed by atoms with van der Waals surface area (Å²) in [5.74, 6) is -7.79. The van der Waals surface area contributed by atoms with Crippen LogP contribution in [0.1, 0.15) is 33.6 Å². The number of fused-ring (bicyclic) bond motifs is 5. The second-order valence-electron chi connectivity index (χ2n) is 11.4. The molecule has 1 atom stereocenters. The van der Waals surface area contributed by atoms with E-state index in [1.165, 1.54) is 4.57 Å². The topological polar surface area (TPSA) is 84.3 Å². The Balaban J connectivity index is 1.76. The number of benzene rings is 1. The van der Waals surface area contributed by atoms with Crippen LogP contribution in [-0.2, 0) is 0 Å². The fourth-order valence-electron chi connectivity index (χ4n) is 5.90. The van der Waals surface area contributed by atoms with Gasteiger partial charge in [0.05, 0.1) is 16.6 Å². The lowest BCUT2D eigenvalue weighted by Gasteiger charge is -2.36. The van der Waals surface area contributed by atoms with Crippen molar-refractivity contribution in [1.29, 1.82) is 0 Å². The predicted molar refractivity (Wildman–Crippen MR) is 153 cm³/mol. The number of hydrogen-bond acceptors (Lipinski definition) is 7. The molecule has 1 fully saturated rings. The highest BCUT2D eigenvalue weighted by molar-refractivity contribution is 5.92. The molecular formula is C30H31F5N6O2. The molecule has 6 rings (SSSR count). The van der Waals surface area contributed by atoms with Crippen LogP contribution in [0.4, 0.5) is 27.8 Å². The van der Waals surface area contributed by atoms with E-state index in [1.807, 2.05) is 25.7 Å². The minimum atomic E-state index is -3.39. The van der Waals surface area contributed by atoms with Crippen molar-refractivity contribution in [2.75, 3.05) is 37.7 Å². The number of piperazine rings is 1. The smallest absolute Gasteiger partial charge is 0.355 e. The van der Waals surface area contributed by atoms with Crippen molar-refractivity contribution >= 4 is 22.5 Å². The Hall–Kier alpha value is -4.00. The number of aromatic nitrogens is 3. The summed E-state index contributed by atoms with van der Waals surface area (Å²) >= 11 is 0. The number of halogens is 5. The van der Waals surface area contributed by atoms with Crippen LogP contribution in [0.2, 0.25) is 0 Å². The largest absolute Gasteiger partial charge is 0.486 e. The Morgan fingerprint density at radius 1 is 1.14 bits per heavy atom. The predicted octanol–water partition coefficient (Wildman–Crippen LogP) is 4.84. The second kappa shape index (κ2) is 10.9. The lowest BCUT2D eigenvalue weighted by atomic mass is 9.95. The first kappa shape index (κ1) is 29.1. The molecule has 0 radical (unpaired) electrons. The van der Waals surface area contributed by atoms with Crippen LogP contribution in [0.3, 0.4) is 0 Å². The highest BCUT2D eigenvalue weighted by Crippen LogP contribution is 2.40. The van der Waals surface area contributed by atoms with Crippen molar-refractivity contribution in [3.63, 3.8) is 0 Å². The number of ether oxygens (including phenoxy) is 1. The summed E-state index contributed by atoms with van der Waals surface area (Å²) in [7, 11) is 0. The second-order valence-corrected chi connectivity index (χ2v) is 11.4. The quantitative estimate of drug-likeness (QED) is 0.407. The zero-order valence-corrected chi connectivity index (χ0v) is 23.9. The molecule has 1 saturated heterocycles. The number of nitrogens with zero attached hydrogens (tertiary/aromatic N) is 4. The van der Waals surface area contributed by atoms with Crippen molar-refractivity contribution in [1.82, 2.24) is 25.2 Å². The number of alkyl halides is 2. The van der Waals surface area contributed by atoms with Gasteiger partial charge in [-0.25, -0.2) is 36.3 Å². The highest BCUT2D eigenvalue weighted by Gasteiger charge is 2.35. The van der Waals surface area contributed by atoms with E-state index in [0.29, 0.717) is 37.4 Å². The summed E-state index contributed by atoms with van der Waals surface area (Å²) in [6, 6.07) is 2.66. The Morgan fingerprint density at radius 2 is 1.93 bits per heavy atom. The zero-order valence-electron chi connectivity index (χ0n) is 23.9. The molecule has 2 aromatic heterocycles. The molecule has 5 heterocycles. The summed E-state index contributed by atoms with van der Waals surface area (Å²) in [6.07, 6.45) is 0.928. The van der Waals surface area contributed by atoms with Gasteiger partial charge < -0.3 is 20.3 Å². The maximum absolute atomic E-state index is 16.0. The standard InChI is InChI=1S/C30H31F5N6O2/c1-15(2)24-26-17(7-9-37-24)6-8-30(34,35)14-43-21-5-4-19(31)23(33)22(21)25-20(32)12-18-27(40-11-10-36-13-16(40)3)39-29(42)41(26)28(18)38-25/h4-5,7,12,15-16,36-37H,6,8-11,13-14H2,1-3H3. The van der Waals surface area contributed by atoms with Crippen molar-refractivity contribution in [3.8, 4) is 17.0 Å². The van der Waals surface area contributed by atoms with Gasteiger partial charge in [0.25, 0.3) is 5.92 Å². The van der Waals surface area contributed by atoms with Crippen LogP contribution in [0.15, 0.2) is 40.3 Å². The third-order valence-corrected chi connectivity index (χ3v) is 8.07. The minimum Gasteiger partial charge on any atom is -0.486 e. The SMILES string of the molecule is CC(C)C1=C2C(=CCN1)CCC(F)(F)COc1ccc(F)c(F)c1-c1nc3c(cc1F)c(N1CCNCC1C)nc(=O)n32. The van der Waals surface area contributed by atoms with Crippen LogP contribution < -0.4 is 26.0 Å². The van der Waals surface area contributed by atoms with Crippen LogP contribution in [0.25, 0.3) is 28.0 Å². The third-order valence-electron chi connectivity index (χ3n) is 8.07. The van der Waals surface area contributed by atoms with Gasteiger partial charge in [-0.2, -0.15) is 4.98 Å². The zero-order chi connectivity index (χ0) is 30.6. The van der Waals surface area contributed by atoms with E-state index >= 15 is 17.6 Å². The first-order chi connectivity index (χ1) is 20.5. The Bertz CT molecular complexity index is 1730. The number of hydrogen-bond donors (Lipinski definition) is 2. The van der Waals surface area contributed by atoms with Gasteiger partial charge in [-0.1, -0.05) is 19.9 Å². The van der Waals surface area contributed by atoms with Crippen molar-refractivity contribution in [3.05, 3.63) is 63.5 Å². The molecule has 0 aliphatic carbocycles. The molecule has 3 aliphatic rings. The maximum Gasteiger partial charge on any atom is 0.355 e. The van der Waals surface area contributed by atoms with Crippen molar-refractivity contribution in [2.45, 2.75) is 45.6 Å². The average molecular weight is 603 g/mol. The summed E-state index contributed by atoms with van der Waals surface area (Å²) < 4.78 is 82.8. The fraction of sp³-hybridized carbons (Fsp3) is 0.433.